The van der Waals surface area contributed by atoms with E-state index in [2.05, 4.69) is 10.5 Å². The number of carbonyl (C=O) groups excluding carboxylic acids is 1. The molecule has 0 aromatic heterocycles. The number of benzene rings is 2. The molecule has 2 saturated carbocycles. The van der Waals surface area contributed by atoms with E-state index in [0.717, 1.165) is 22.6 Å². The Kier molecular flexibility index (Phi) is 3.41. The molecule has 2 bridgehead atoms. The van der Waals surface area contributed by atoms with Crippen LogP contribution in [-0.2, 0) is 0 Å². The molecule has 1 amide bonds. The monoisotopic (exact) mass is 292 g/mol. The van der Waals surface area contributed by atoms with Crippen LogP contribution < -0.4 is 5.43 Å². The number of rotatable bonds is 3. The molecule has 1 N–H and O–H groups in total. The molecule has 0 radical (unpaired) electrons. The molecule has 112 valence electrons. The Balaban J connectivity index is 1.47. The van der Waals surface area contributed by atoms with Crippen molar-refractivity contribution in [1.29, 1.82) is 0 Å². The molecule has 22 heavy (non-hydrogen) atoms. The second-order valence-corrected chi connectivity index (χ2v) is 6.58. The number of amides is 1. The van der Waals surface area contributed by atoms with Gasteiger partial charge in [-0.05, 0) is 53.9 Å². The lowest BCUT2D eigenvalue weighted by atomic mass is 9.90. The Morgan fingerprint density at radius 1 is 1.09 bits per heavy atom. The summed E-state index contributed by atoms with van der Waals surface area (Å²) in [7, 11) is 0. The lowest BCUT2D eigenvalue weighted by molar-refractivity contribution is 0.0956. The smallest absolute Gasteiger partial charge is 0.267 e. The number of hydrazone groups is 1. The number of nitrogens with one attached hydrogen (secondary N) is 1. The molecule has 3 nitrogen and oxygen atoms in total. The molecule has 0 aliphatic heterocycles. The molecule has 3 atom stereocenters. The van der Waals surface area contributed by atoms with E-state index in [-0.39, 0.29) is 5.91 Å². The van der Waals surface area contributed by atoms with Gasteiger partial charge in [-0.1, -0.05) is 42.8 Å². The molecule has 4 rings (SSSR count). The summed E-state index contributed by atoms with van der Waals surface area (Å²) in [6, 6.07) is 13.7. The van der Waals surface area contributed by atoms with E-state index in [1.807, 2.05) is 48.7 Å². The molecule has 0 heterocycles. The standard InChI is InChI=1S/C19H20N2O/c22-19(18-7-3-5-14-4-1-2-6-17(14)18)21-20-12-16-11-13-8-9-15(16)10-13/h1-7,12-13,15-16H,8-11H2,(H,21,22)/b20-12-/t13-,15-,16+/m1/s1. The maximum Gasteiger partial charge on any atom is 0.271 e. The molecule has 3 heteroatoms. The molecule has 0 saturated heterocycles. The van der Waals surface area contributed by atoms with Gasteiger partial charge in [-0.2, -0.15) is 5.10 Å². The lowest BCUT2D eigenvalue weighted by Crippen LogP contribution is -2.20. The van der Waals surface area contributed by atoms with Gasteiger partial charge in [0.1, 0.15) is 0 Å². The zero-order valence-electron chi connectivity index (χ0n) is 12.5. The van der Waals surface area contributed by atoms with Gasteiger partial charge in [-0.3, -0.25) is 4.79 Å². The van der Waals surface area contributed by atoms with Crippen LogP contribution in [0, 0.1) is 17.8 Å². The van der Waals surface area contributed by atoms with Gasteiger partial charge in [-0.25, -0.2) is 5.43 Å². The molecular weight excluding hydrogens is 272 g/mol. The minimum atomic E-state index is -0.129. The van der Waals surface area contributed by atoms with E-state index < -0.39 is 0 Å². The highest BCUT2D eigenvalue weighted by Crippen LogP contribution is 2.47. The quantitative estimate of drug-likeness (QED) is 0.674. The lowest BCUT2D eigenvalue weighted by Gasteiger charge is -2.16. The van der Waals surface area contributed by atoms with Gasteiger partial charge < -0.3 is 0 Å². The highest BCUT2D eigenvalue weighted by molar-refractivity contribution is 6.07. The van der Waals surface area contributed by atoms with Crippen molar-refractivity contribution in [1.82, 2.24) is 5.43 Å². The van der Waals surface area contributed by atoms with Crippen molar-refractivity contribution in [2.75, 3.05) is 0 Å². The van der Waals surface area contributed by atoms with Crippen LogP contribution in [0.1, 0.15) is 36.0 Å². The predicted molar refractivity (Wildman–Crippen MR) is 88.8 cm³/mol. The second kappa shape index (κ2) is 5.56. The van der Waals surface area contributed by atoms with Crippen LogP contribution in [-0.4, -0.2) is 12.1 Å². The van der Waals surface area contributed by atoms with Crippen LogP contribution in [0.15, 0.2) is 47.6 Å². The molecule has 2 aliphatic carbocycles. The Hall–Kier alpha value is -2.16. The van der Waals surface area contributed by atoms with Crippen molar-refractivity contribution < 1.29 is 4.79 Å². The first-order valence-corrected chi connectivity index (χ1v) is 8.12. The summed E-state index contributed by atoms with van der Waals surface area (Å²) < 4.78 is 0. The minimum Gasteiger partial charge on any atom is -0.267 e. The van der Waals surface area contributed by atoms with E-state index in [1.165, 1.54) is 25.7 Å². The highest BCUT2D eigenvalue weighted by atomic mass is 16.2. The van der Waals surface area contributed by atoms with Crippen molar-refractivity contribution in [3.63, 3.8) is 0 Å². The molecule has 0 unspecified atom stereocenters. The van der Waals surface area contributed by atoms with E-state index in [1.54, 1.807) is 0 Å². The van der Waals surface area contributed by atoms with Crippen molar-refractivity contribution in [2.24, 2.45) is 22.9 Å². The molecule has 2 aromatic rings. The van der Waals surface area contributed by atoms with Crippen LogP contribution in [0.2, 0.25) is 0 Å². The summed E-state index contributed by atoms with van der Waals surface area (Å²) in [4.78, 5) is 12.4. The Labute approximate surface area is 130 Å². The third kappa shape index (κ3) is 2.41. The summed E-state index contributed by atoms with van der Waals surface area (Å²) in [6.45, 7) is 0. The number of fused-ring (bicyclic) bond motifs is 3. The Morgan fingerprint density at radius 3 is 2.77 bits per heavy atom. The largest absolute Gasteiger partial charge is 0.271 e. The maximum atomic E-state index is 12.4. The fourth-order valence-corrected chi connectivity index (χ4v) is 4.15. The highest BCUT2D eigenvalue weighted by Gasteiger charge is 2.38. The molecule has 2 fully saturated rings. The number of hydrogen-bond acceptors (Lipinski definition) is 2. The topological polar surface area (TPSA) is 41.5 Å². The van der Waals surface area contributed by atoms with E-state index in [4.69, 9.17) is 0 Å². The molecular formula is C19H20N2O. The van der Waals surface area contributed by atoms with Gasteiger partial charge in [0.2, 0.25) is 0 Å². The zero-order chi connectivity index (χ0) is 14.9. The summed E-state index contributed by atoms with van der Waals surface area (Å²) in [5.74, 6) is 2.13. The van der Waals surface area contributed by atoms with Gasteiger partial charge in [0.05, 0.1) is 0 Å². The zero-order valence-corrected chi connectivity index (χ0v) is 12.5. The predicted octanol–water partition coefficient (Wildman–Crippen LogP) is 3.99. The van der Waals surface area contributed by atoms with Crippen LogP contribution in [0.4, 0.5) is 0 Å². The van der Waals surface area contributed by atoms with Crippen molar-refractivity contribution >= 4 is 22.9 Å². The normalized spacial score (nSPS) is 26.8. The van der Waals surface area contributed by atoms with Gasteiger partial charge >= 0.3 is 0 Å². The van der Waals surface area contributed by atoms with E-state index in [0.29, 0.717) is 11.5 Å². The maximum absolute atomic E-state index is 12.4. The van der Waals surface area contributed by atoms with Gasteiger partial charge in [0, 0.05) is 11.8 Å². The van der Waals surface area contributed by atoms with E-state index in [9.17, 15) is 4.79 Å². The molecule has 0 spiro atoms. The Bertz CT molecular complexity index is 732. The average Bonchev–Trinajstić information content (AvgIpc) is 3.17. The fourth-order valence-electron chi connectivity index (χ4n) is 4.15. The third-order valence-electron chi connectivity index (χ3n) is 5.26. The summed E-state index contributed by atoms with van der Waals surface area (Å²) in [5, 5.41) is 6.28. The number of hydrogen-bond donors (Lipinski definition) is 1. The second-order valence-electron chi connectivity index (χ2n) is 6.58. The molecule has 2 aromatic carbocycles. The van der Waals surface area contributed by atoms with Crippen LogP contribution in [0.3, 0.4) is 0 Å². The molecule has 2 aliphatic rings. The van der Waals surface area contributed by atoms with Crippen molar-refractivity contribution in [3.05, 3.63) is 48.0 Å². The van der Waals surface area contributed by atoms with Gasteiger partial charge in [-0.15, -0.1) is 0 Å². The van der Waals surface area contributed by atoms with Crippen molar-refractivity contribution in [3.8, 4) is 0 Å². The van der Waals surface area contributed by atoms with Gasteiger partial charge in [0.25, 0.3) is 5.91 Å². The summed E-state index contributed by atoms with van der Waals surface area (Å²) >= 11 is 0. The fraction of sp³-hybridized carbons (Fsp3) is 0.368. The SMILES string of the molecule is O=C(N/N=C\[C@@H]1C[C@@H]2CC[C@@H]1C2)c1cccc2ccccc12. The summed E-state index contributed by atoms with van der Waals surface area (Å²) in [6.07, 6.45) is 7.29. The first-order chi connectivity index (χ1) is 10.8. The number of nitrogens with zero attached hydrogens (tertiary/aromatic N) is 1. The van der Waals surface area contributed by atoms with E-state index >= 15 is 0 Å². The first-order valence-electron chi connectivity index (χ1n) is 8.12. The Morgan fingerprint density at radius 2 is 1.95 bits per heavy atom. The van der Waals surface area contributed by atoms with Crippen LogP contribution in [0.25, 0.3) is 10.8 Å². The average molecular weight is 292 g/mol. The third-order valence-corrected chi connectivity index (χ3v) is 5.26. The minimum absolute atomic E-state index is 0.129. The van der Waals surface area contributed by atoms with Crippen LogP contribution in [0.5, 0.6) is 0 Å². The summed E-state index contributed by atoms with van der Waals surface area (Å²) in [5.41, 5.74) is 3.39. The van der Waals surface area contributed by atoms with Crippen molar-refractivity contribution in [2.45, 2.75) is 25.7 Å². The number of carbonyl (C=O) groups is 1. The van der Waals surface area contributed by atoms with Crippen LogP contribution >= 0.6 is 0 Å². The first kappa shape index (κ1) is 13.5. The van der Waals surface area contributed by atoms with Gasteiger partial charge in [0.15, 0.2) is 0 Å².